The summed E-state index contributed by atoms with van der Waals surface area (Å²) >= 11 is 0. The Balaban J connectivity index is 2.69. The van der Waals surface area contributed by atoms with E-state index in [4.69, 9.17) is 9.47 Å². The lowest BCUT2D eigenvalue weighted by molar-refractivity contribution is -0.149. The van der Waals surface area contributed by atoms with Gasteiger partial charge in [0.2, 0.25) is 0 Å². The average molecular weight is 229 g/mol. The summed E-state index contributed by atoms with van der Waals surface area (Å²) in [5.74, 6) is 0.365. The zero-order chi connectivity index (χ0) is 12.0. The number of methoxy groups -OCH3 is 1. The van der Waals surface area contributed by atoms with Gasteiger partial charge in [-0.2, -0.15) is 0 Å². The topological polar surface area (TPSA) is 47.6 Å². The molecule has 1 unspecified atom stereocenters. The summed E-state index contributed by atoms with van der Waals surface area (Å²) in [6, 6.07) is 0. The quantitative estimate of drug-likeness (QED) is 0.739. The molecule has 1 fully saturated rings. The van der Waals surface area contributed by atoms with Crippen LogP contribution >= 0.6 is 0 Å². The molecule has 1 heterocycles. The summed E-state index contributed by atoms with van der Waals surface area (Å²) in [6.45, 7) is 6.45. The van der Waals surface area contributed by atoms with Crippen molar-refractivity contribution < 1.29 is 14.3 Å². The molecule has 0 aliphatic carbocycles. The summed E-state index contributed by atoms with van der Waals surface area (Å²) in [6.07, 6.45) is 2.40. The maximum atomic E-state index is 11.9. The van der Waals surface area contributed by atoms with E-state index in [1.807, 2.05) is 0 Å². The molecule has 1 aliphatic rings. The van der Waals surface area contributed by atoms with E-state index in [0.29, 0.717) is 18.9 Å². The first-order valence-electron chi connectivity index (χ1n) is 6.02. The summed E-state index contributed by atoms with van der Waals surface area (Å²) in [7, 11) is 1.45. The van der Waals surface area contributed by atoms with Gasteiger partial charge in [-0.25, -0.2) is 0 Å². The molecule has 0 saturated carbocycles. The lowest BCUT2D eigenvalue weighted by Gasteiger charge is -2.31. The van der Waals surface area contributed by atoms with Crippen molar-refractivity contribution in [3.05, 3.63) is 0 Å². The maximum Gasteiger partial charge on any atom is 0.326 e. The number of carbonyl (C=O) groups is 1. The molecule has 1 saturated heterocycles. The summed E-state index contributed by atoms with van der Waals surface area (Å²) in [5, 5.41) is 3.37. The molecule has 0 aromatic rings. The average Bonchev–Trinajstić information content (AvgIpc) is 2.51. The Morgan fingerprint density at radius 3 is 2.81 bits per heavy atom. The number of hydrogen-bond acceptors (Lipinski definition) is 4. The SMILES string of the molecule is COC(=O)C1(NCC(C)C)CCCOCC1. The maximum absolute atomic E-state index is 11.9. The second kappa shape index (κ2) is 6.21. The highest BCUT2D eigenvalue weighted by molar-refractivity contribution is 5.80. The molecule has 0 radical (unpaired) electrons. The van der Waals surface area contributed by atoms with Crippen molar-refractivity contribution >= 4 is 5.97 Å². The molecule has 1 aliphatic heterocycles. The molecule has 0 aromatic heterocycles. The van der Waals surface area contributed by atoms with Crippen molar-refractivity contribution in [3.63, 3.8) is 0 Å². The highest BCUT2D eigenvalue weighted by Crippen LogP contribution is 2.23. The Morgan fingerprint density at radius 2 is 2.19 bits per heavy atom. The van der Waals surface area contributed by atoms with Crippen molar-refractivity contribution in [2.45, 2.75) is 38.6 Å². The Hall–Kier alpha value is -0.610. The predicted octanol–water partition coefficient (Wildman–Crippen LogP) is 1.34. The van der Waals surface area contributed by atoms with E-state index in [1.165, 1.54) is 7.11 Å². The molecule has 1 rings (SSSR count). The summed E-state index contributed by atoms with van der Waals surface area (Å²) in [4.78, 5) is 11.9. The van der Waals surface area contributed by atoms with Gasteiger partial charge in [0.1, 0.15) is 5.54 Å². The van der Waals surface area contributed by atoms with Crippen LogP contribution in [0.3, 0.4) is 0 Å². The highest BCUT2D eigenvalue weighted by Gasteiger charge is 2.39. The molecule has 1 atom stereocenters. The predicted molar refractivity (Wildman–Crippen MR) is 62.3 cm³/mol. The number of nitrogens with one attached hydrogen (secondary N) is 1. The molecule has 0 aromatic carbocycles. The van der Waals surface area contributed by atoms with Crippen LogP contribution < -0.4 is 5.32 Å². The van der Waals surface area contributed by atoms with Crippen molar-refractivity contribution in [3.8, 4) is 0 Å². The molecular weight excluding hydrogens is 206 g/mol. The molecular formula is C12H23NO3. The minimum Gasteiger partial charge on any atom is -0.468 e. The largest absolute Gasteiger partial charge is 0.468 e. The number of rotatable bonds is 4. The molecule has 0 amide bonds. The molecule has 16 heavy (non-hydrogen) atoms. The van der Waals surface area contributed by atoms with Gasteiger partial charge in [-0.1, -0.05) is 13.8 Å². The van der Waals surface area contributed by atoms with Crippen molar-refractivity contribution in [2.24, 2.45) is 5.92 Å². The van der Waals surface area contributed by atoms with Crippen LogP contribution in [-0.2, 0) is 14.3 Å². The Bertz CT molecular complexity index is 220. The van der Waals surface area contributed by atoms with Crippen molar-refractivity contribution in [1.29, 1.82) is 0 Å². The van der Waals surface area contributed by atoms with E-state index >= 15 is 0 Å². The number of hydrogen-bond donors (Lipinski definition) is 1. The third-order valence-corrected chi connectivity index (χ3v) is 2.99. The molecule has 0 spiro atoms. The van der Waals surface area contributed by atoms with Gasteiger partial charge in [0.05, 0.1) is 7.11 Å². The fourth-order valence-corrected chi connectivity index (χ4v) is 2.00. The van der Waals surface area contributed by atoms with E-state index in [9.17, 15) is 4.79 Å². The van der Waals surface area contributed by atoms with E-state index in [-0.39, 0.29) is 5.97 Å². The van der Waals surface area contributed by atoms with Crippen molar-refractivity contribution in [1.82, 2.24) is 5.32 Å². The monoisotopic (exact) mass is 229 g/mol. The van der Waals surface area contributed by atoms with Gasteiger partial charge in [-0.3, -0.25) is 4.79 Å². The van der Waals surface area contributed by atoms with Gasteiger partial charge in [-0.15, -0.1) is 0 Å². The molecule has 0 bridgehead atoms. The van der Waals surface area contributed by atoms with Crippen LogP contribution in [0.25, 0.3) is 0 Å². The third kappa shape index (κ3) is 3.46. The van der Waals surface area contributed by atoms with Gasteiger partial charge < -0.3 is 14.8 Å². The van der Waals surface area contributed by atoms with Crippen LogP contribution in [0.1, 0.15) is 33.1 Å². The van der Waals surface area contributed by atoms with Gasteiger partial charge in [-0.05, 0) is 31.7 Å². The second-order valence-corrected chi connectivity index (χ2v) is 4.81. The van der Waals surface area contributed by atoms with Crippen LogP contribution in [0, 0.1) is 5.92 Å². The summed E-state index contributed by atoms with van der Waals surface area (Å²) < 4.78 is 10.3. The Labute approximate surface area is 97.7 Å². The molecule has 1 N–H and O–H groups in total. The van der Waals surface area contributed by atoms with Crippen LogP contribution in [0.2, 0.25) is 0 Å². The van der Waals surface area contributed by atoms with E-state index in [2.05, 4.69) is 19.2 Å². The minimum absolute atomic E-state index is 0.154. The van der Waals surface area contributed by atoms with E-state index < -0.39 is 5.54 Å². The van der Waals surface area contributed by atoms with Crippen molar-refractivity contribution in [2.75, 3.05) is 26.9 Å². The normalized spacial score (nSPS) is 26.5. The first-order chi connectivity index (χ1) is 7.60. The van der Waals surface area contributed by atoms with Crippen LogP contribution in [0.15, 0.2) is 0 Å². The van der Waals surface area contributed by atoms with Gasteiger partial charge >= 0.3 is 5.97 Å². The van der Waals surface area contributed by atoms with E-state index in [1.54, 1.807) is 0 Å². The zero-order valence-corrected chi connectivity index (χ0v) is 10.5. The highest BCUT2D eigenvalue weighted by atomic mass is 16.5. The third-order valence-electron chi connectivity index (χ3n) is 2.99. The fraction of sp³-hybridized carbons (Fsp3) is 0.917. The molecule has 4 heteroatoms. The lowest BCUT2D eigenvalue weighted by atomic mass is 9.90. The van der Waals surface area contributed by atoms with Crippen LogP contribution in [-0.4, -0.2) is 38.4 Å². The second-order valence-electron chi connectivity index (χ2n) is 4.81. The number of carbonyl (C=O) groups excluding carboxylic acids is 1. The molecule has 94 valence electrons. The first-order valence-corrected chi connectivity index (χ1v) is 6.02. The van der Waals surface area contributed by atoms with Gasteiger partial charge in [0.15, 0.2) is 0 Å². The number of ether oxygens (including phenoxy) is 2. The van der Waals surface area contributed by atoms with Gasteiger partial charge in [0, 0.05) is 13.2 Å². The Morgan fingerprint density at radius 1 is 1.44 bits per heavy atom. The van der Waals surface area contributed by atoms with E-state index in [0.717, 1.165) is 26.0 Å². The minimum atomic E-state index is -0.532. The standard InChI is InChI=1S/C12H23NO3/c1-10(2)9-13-12(11(14)15-3)5-4-7-16-8-6-12/h10,13H,4-9H2,1-3H3. The Kier molecular flexibility index (Phi) is 5.22. The van der Waals surface area contributed by atoms with Gasteiger partial charge in [0.25, 0.3) is 0 Å². The zero-order valence-electron chi connectivity index (χ0n) is 10.5. The van der Waals surface area contributed by atoms with Crippen LogP contribution in [0.5, 0.6) is 0 Å². The first kappa shape index (κ1) is 13.5. The fourth-order valence-electron chi connectivity index (χ4n) is 2.00. The summed E-state index contributed by atoms with van der Waals surface area (Å²) in [5.41, 5.74) is -0.532. The number of esters is 1. The smallest absolute Gasteiger partial charge is 0.326 e. The van der Waals surface area contributed by atoms with Crippen LogP contribution in [0.4, 0.5) is 0 Å². The molecule has 4 nitrogen and oxygen atoms in total. The lowest BCUT2D eigenvalue weighted by Crippen LogP contribution is -2.54.